The van der Waals surface area contributed by atoms with Crippen molar-refractivity contribution in [3.05, 3.63) is 39.6 Å². The molecule has 1 aromatic heterocycles. The largest absolute Gasteiger partial charge is 0.438 e. The summed E-state index contributed by atoms with van der Waals surface area (Å²) < 4.78 is 41.5. The van der Waals surface area contributed by atoms with Crippen LogP contribution in [0, 0.1) is 17.0 Å². The fraction of sp³-hybridized carbons (Fsp3) is 0.545. The molecule has 13 heteroatoms. The smallest absolute Gasteiger partial charge is 0.272 e. The van der Waals surface area contributed by atoms with E-state index in [2.05, 4.69) is 15.1 Å². The predicted octanol–water partition coefficient (Wildman–Crippen LogP) is 2.90. The van der Waals surface area contributed by atoms with E-state index in [1.54, 1.807) is 20.8 Å². The van der Waals surface area contributed by atoms with Crippen LogP contribution in [0.25, 0.3) is 0 Å². The third-order valence-electron chi connectivity index (χ3n) is 5.76. The molecule has 2 heterocycles. The van der Waals surface area contributed by atoms with E-state index in [-0.39, 0.29) is 28.3 Å². The molecule has 2 N–H and O–H groups in total. The van der Waals surface area contributed by atoms with Gasteiger partial charge in [0.25, 0.3) is 11.6 Å². The molecule has 2 atom stereocenters. The Morgan fingerprint density at radius 1 is 1.40 bits per heavy atom. The van der Waals surface area contributed by atoms with Gasteiger partial charge < -0.3 is 14.8 Å². The molecule has 0 aliphatic carbocycles. The molecule has 2 unspecified atom stereocenters. The van der Waals surface area contributed by atoms with Crippen molar-refractivity contribution in [2.45, 2.75) is 70.5 Å². The topological polar surface area (TPSA) is 155 Å². The van der Waals surface area contributed by atoms with E-state index in [1.165, 1.54) is 10.7 Å². The minimum Gasteiger partial charge on any atom is -0.438 e. The van der Waals surface area contributed by atoms with Crippen LogP contribution in [-0.4, -0.2) is 54.3 Å². The number of benzene rings is 1. The first-order valence-corrected chi connectivity index (χ1v) is 13.0. The van der Waals surface area contributed by atoms with Gasteiger partial charge in [0.2, 0.25) is 15.9 Å². The molecule has 0 spiro atoms. The second-order valence-corrected chi connectivity index (χ2v) is 10.0. The lowest BCUT2D eigenvalue weighted by Crippen LogP contribution is -2.32. The van der Waals surface area contributed by atoms with Crippen molar-refractivity contribution >= 4 is 21.6 Å². The van der Waals surface area contributed by atoms with Gasteiger partial charge in [-0.25, -0.2) is 17.8 Å². The van der Waals surface area contributed by atoms with Gasteiger partial charge in [-0.05, 0) is 46.1 Å². The van der Waals surface area contributed by atoms with Gasteiger partial charge in [-0.3, -0.25) is 14.9 Å². The molecule has 12 nitrogen and oxygen atoms in total. The molecule has 1 saturated heterocycles. The normalized spacial score (nSPS) is 16.7. The van der Waals surface area contributed by atoms with Crippen molar-refractivity contribution in [1.82, 2.24) is 19.8 Å². The Hall–Kier alpha value is -3.03. The maximum Gasteiger partial charge on any atom is 0.272 e. The van der Waals surface area contributed by atoms with Crippen molar-refractivity contribution < 1.29 is 27.6 Å². The van der Waals surface area contributed by atoms with Crippen LogP contribution in [0.15, 0.2) is 23.1 Å². The molecule has 1 aliphatic heterocycles. The molecule has 0 bridgehead atoms. The van der Waals surface area contributed by atoms with E-state index < -0.39 is 32.6 Å². The first-order valence-electron chi connectivity index (χ1n) is 11.5. The average Bonchev–Trinajstić information content (AvgIpc) is 3.45. The van der Waals surface area contributed by atoms with Crippen LogP contribution in [0.5, 0.6) is 11.6 Å². The van der Waals surface area contributed by atoms with E-state index in [0.717, 1.165) is 25.0 Å². The highest BCUT2D eigenvalue weighted by Crippen LogP contribution is 2.34. The average molecular weight is 510 g/mol. The lowest BCUT2D eigenvalue weighted by molar-refractivity contribution is -0.385. The van der Waals surface area contributed by atoms with Gasteiger partial charge in [0.05, 0.1) is 11.0 Å². The maximum atomic E-state index is 13.0. The molecule has 1 amide bonds. The number of nitrogens with one attached hydrogen (secondary N) is 2. The number of nitrogens with zero attached hydrogens (tertiary/aromatic N) is 3. The molecule has 35 heavy (non-hydrogen) atoms. The number of amides is 1. The molecule has 1 fully saturated rings. The van der Waals surface area contributed by atoms with Crippen LogP contribution in [0.4, 0.5) is 5.69 Å². The number of nitro benzene ring substituents is 1. The van der Waals surface area contributed by atoms with Crippen LogP contribution >= 0.6 is 0 Å². The van der Waals surface area contributed by atoms with Gasteiger partial charge >= 0.3 is 0 Å². The molecule has 1 aromatic carbocycles. The minimum absolute atomic E-state index is 0.0332. The van der Waals surface area contributed by atoms with Crippen LogP contribution < -0.4 is 14.8 Å². The lowest BCUT2D eigenvalue weighted by Gasteiger charge is -2.16. The van der Waals surface area contributed by atoms with Gasteiger partial charge in [-0.1, -0.05) is 6.92 Å². The summed E-state index contributed by atoms with van der Waals surface area (Å²) in [5.41, 5.74) is 0.161. The number of hydrogen-bond acceptors (Lipinski definition) is 8. The van der Waals surface area contributed by atoms with Crippen LogP contribution in [0.2, 0.25) is 0 Å². The van der Waals surface area contributed by atoms with Gasteiger partial charge in [-0.2, -0.15) is 5.10 Å². The maximum absolute atomic E-state index is 13.0. The van der Waals surface area contributed by atoms with Crippen molar-refractivity contribution in [2.75, 3.05) is 13.2 Å². The molecule has 3 rings (SSSR count). The highest BCUT2D eigenvalue weighted by Gasteiger charge is 2.28. The quantitative estimate of drug-likeness (QED) is 0.346. The second kappa shape index (κ2) is 11.1. The van der Waals surface area contributed by atoms with Crippen molar-refractivity contribution in [2.24, 2.45) is 0 Å². The minimum atomic E-state index is -4.14. The second-order valence-electron chi connectivity index (χ2n) is 8.36. The molecular formula is C22H31N5O7S. The predicted molar refractivity (Wildman–Crippen MR) is 127 cm³/mol. The summed E-state index contributed by atoms with van der Waals surface area (Å²) >= 11 is 0. The third kappa shape index (κ3) is 6.16. The Morgan fingerprint density at radius 3 is 2.74 bits per heavy atom. The molecular weight excluding hydrogens is 478 g/mol. The number of aromatic nitrogens is 2. The van der Waals surface area contributed by atoms with E-state index in [0.29, 0.717) is 31.7 Å². The number of non-ortho nitro benzene ring substituents is 1. The molecule has 1 aliphatic rings. The molecule has 0 radical (unpaired) electrons. The number of sulfonamides is 1. The van der Waals surface area contributed by atoms with E-state index >= 15 is 0 Å². The van der Waals surface area contributed by atoms with Gasteiger partial charge in [0.1, 0.15) is 10.6 Å². The van der Waals surface area contributed by atoms with E-state index in [1.807, 2.05) is 6.92 Å². The summed E-state index contributed by atoms with van der Waals surface area (Å²) in [6, 6.07) is 2.95. The molecule has 192 valence electrons. The third-order valence-corrected chi connectivity index (χ3v) is 7.37. The van der Waals surface area contributed by atoms with E-state index in [4.69, 9.17) is 9.47 Å². The van der Waals surface area contributed by atoms with Crippen molar-refractivity contribution in [1.29, 1.82) is 0 Å². The standard InChI is InChI=1S/C22H31N5O7S/c1-5-14(3)25-35(31,32)19-12-16(27(29)30)9-10-18(19)34-22-15(4)20(24-26(22)6-2)21(28)23-13-17-8-7-11-33-17/h9-10,12,14,17,25H,5-8,11,13H2,1-4H3,(H,23,28). The van der Waals surface area contributed by atoms with Crippen LogP contribution in [0.1, 0.15) is 56.1 Å². The number of ether oxygens (including phenoxy) is 2. The monoisotopic (exact) mass is 509 g/mol. The highest BCUT2D eigenvalue weighted by atomic mass is 32.2. The van der Waals surface area contributed by atoms with Gasteiger partial charge in [0.15, 0.2) is 5.69 Å². The Labute approximate surface area is 204 Å². The van der Waals surface area contributed by atoms with Gasteiger partial charge in [-0.15, -0.1) is 0 Å². The summed E-state index contributed by atoms with van der Waals surface area (Å²) in [5.74, 6) is -0.343. The van der Waals surface area contributed by atoms with Crippen molar-refractivity contribution in [3.63, 3.8) is 0 Å². The number of nitro groups is 1. The Bertz CT molecular complexity index is 1190. The zero-order valence-corrected chi connectivity index (χ0v) is 21.1. The number of hydrogen-bond donors (Lipinski definition) is 2. The fourth-order valence-electron chi connectivity index (χ4n) is 3.61. The lowest BCUT2D eigenvalue weighted by atomic mass is 10.2. The van der Waals surface area contributed by atoms with Crippen LogP contribution in [0.3, 0.4) is 0 Å². The Kier molecular flexibility index (Phi) is 8.46. The zero-order valence-electron chi connectivity index (χ0n) is 20.2. The van der Waals surface area contributed by atoms with Crippen molar-refractivity contribution in [3.8, 4) is 11.6 Å². The Morgan fingerprint density at radius 2 is 2.14 bits per heavy atom. The summed E-state index contributed by atoms with van der Waals surface area (Å²) in [4.78, 5) is 23.0. The summed E-state index contributed by atoms with van der Waals surface area (Å²) in [6.45, 7) is 8.32. The first-order chi connectivity index (χ1) is 16.6. The molecule has 2 aromatic rings. The number of rotatable bonds is 11. The number of carbonyl (C=O) groups excluding carboxylic acids is 1. The Balaban J connectivity index is 1.95. The van der Waals surface area contributed by atoms with Crippen LogP contribution in [-0.2, 0) is 21.3 Å². The summed E-state index contributed by atoms with van der Waals surface area (Å²) in [5, 5.41) is 18.5. The molecule has 0 saturated carbocycles. The first kappa shape index (κ1) is 26.6. The summed E-state index contributed by atoms with van der Waals surface area (Å²) in [6.07, 6.45) is 2.32. The van der Waals surface area contributed by atoms with Gasteiger partial charge in [0, 0.05) is 43.4 Å². The zero-order chi connectivity index (χ0) is 25.8. The van der Waals surface area contributed by atoms with E-state index in [9.17, 15) is 23.3 Å². The SMILES string of the molecule is CCC(C)NS(=O)(=O)c1cc([N+](=O)[O-])ccc1Oc1c(C)c(C(=O)NCC2CCCO2)nn1CC. The highest BCUT2D eigenvalue weighted by molar-refractivity contribution is 7.89. The summed E-state index contributed by atoms with van der Waals surface area (Å²) in [7, 11) is -4.14. The fourth-order valence-corrected chi connectivity index (χ4v) is 5.09. The number of carbonyl (C=O) groups is 1. The number of aryl methyl sites for hydroxylation is 1.